The first-order valence-electron chi connectivity index (χ1n) is 7.34. The van der Waals surface area contributed by atoms with Crippen molar-refractivity contribution >= 4 is 21.6 Å². The summed E-state index contributed by atoms with van der Waals surface area (Å²) >= 11 is 5.67. The van der Waals surface area contributed by atoms with Gasteiger partial charge in [0.15, 0.2) is 0 Å². The van der Waals surface area contributed by atoms with Gasteiger partial charge in [0.05, 0.1) is 9.92 Å². The van der Waals surface area contributed by atoms with Crippen LogP contribution in [0.1, 0.15) is 32.6 Å². The summed E-state index contributed by atoms with van der Waals surface area (Å²) in [4.78, 5) is 0.0175. The summed E-state index contributed by atoms with van der Waals surface area (Å²) < 4.78 is 40.6. The minimum atomic E-state index is -3.65. The first-order valence-corrected chi connectivity index (χ1v) is 9.20. The van der Waals surface area contributed by atoms with Gasteiger partial charge < -0.3 is 0 Å². The lowest BCUT2D eigenvalue weighted by molar-refractivity contribution is 0.280. The fraction of sp³-hybridized carbons (Fsp3) is 0.600. The van der Waals surface area contributed by atoms with Crippen molar-refractivity contribution in [3.8, 4) is 0 Å². The van der Waals surface area contributed by atoms with Gasteiger partial charge in [0.2, 0.25) is 10.0 Å². The molecule has 2 saturated carbocycles. The summed E-state index contributed by atoms with van der Waals surface area (Å²) in [5, 5.41) is -0.176. The van der Waals surface area contributed by atoms with Crippen LogP contribution < -0.4 is 4.72 Å². The SMILES string of the molecule is CC(NS(=O)(=O)c1ccc(F)c(Cl)c1)C1CC2CCC1C2. The molecule has 0 saturated heterocycles. The molecular weight excluding hydrogens is 313 g/mol. The second-order valence-corrected chi connectivity index (χ2v) is 8.45. The van der Waals surface area contributed by atoms with E-state index in [1.807, 2.05) is 6.92 Å². The van der Waals surface area contributed by atoms with E-state index in [1.54, 1.807) is 0 Å². The standard InChI is InChI=1S/C15H19ClFNO2S/c1-9(13-7-10-2-3-11(13)6-10)18-21(19,20)12-4-5-15(17)14(16)8-12/h4-5,8-11,13,18H,2-3,6-7H2,1H3. The van der Waals surface area contributed by atoms with Crippen LogP contribution in [0.25, 0.3) is 0 Å². The summed E-state index contributed by atoms with van der Waals surface area (Å²) in [6.45, 7) is 1.92. The number of hydrogen-bond donors (Lipinski definition) is 1. The van der Waals surface area contributed by atoms with E-state index in [-0.39, 0.29) is 16.0 Å². The second kappa shape index (κ2) is 5.52. The number of rotatable bonds is 4. The molecule has 6 heteroatoms. The molecule has 0 radical (unpaired) electrons. The molecule has 0 amide bonds. The van der Waals surface area contributed by atoms with E-state index in [1.165, 1.54) is 25.3 Å². The maximum Gasteiger partial charge on any atom is 0.240 e. The first kappa shape index (κ1) is 15.3. The molecule has 21 heavy (non-hydrogen) atoms. The summed E-state index contributed by atoms with van der Waals surface area (Å²) in [5.74, 6) is 1.21. The average Bonchev–Trinajstić information content (AvgIpc) is 3.03. The smallest absolute Gasteiger partial charge is 0.208 e. The van der Waals surface area contributed by atoms with Crippen molar-refractivity contribution in [2.45, 2.75) is 43.5 Å². The molecule has 1 aromatic rings. The van der Waals surface area contributed by atoms with E-state index in [4.69, 9.17) is 11.6 Å². The molecule has 2 aliphatic rings. The quantitative estimate of drug-likeness (QED) is 0.916. The maximum absolute atomic E-state index is 13.1. The lowest BCUT2D eigenvalue weighted by atomic mass is 9.84. The number of benzene rings is 1. The monoisotopic (exact) mass is 331 g/mol. The van der Waals surface area contributed by atoms with Gasteiger partial charge in [-0.2, -0.15) is 0 Å². The second-order valence-electron chi connectivity index (χ2n) is 6.32. The van der Waals surface area contributed by atoms with Gasteiger partial charge >= 0.3 is 0 Å². The zero-order valence-corrected chi connectivity index (χ0v) is 13.4. The minimum absolute atomic E-state index is 0.0175. The Labute approximate surface area is 129 Å². The molecule has 2 bridgehead atoms. The van der Waals surface area contributed by atoms with Crippen molar-refractivity contribution in [1.82, 2.24) is 4.72 Å². The lowest BCUT2D eigenvalue weighted by Gasteiger charge is -2.28. The Morgan fingerprint density at radius 3 is 2.67 bits per heavy atom. The number of sulfonamides is 1. The number of nitrogens with one attached hydrogen (secondary N) is 1. The van der Waals surface area contributed by atoms with Crippen molar-refractivity contribution in [3.63, 3.8) is 0 Å². The van der Waals surface area contributed by atoms with Crippen molar-refractivity contribution in [2.24, 2.45) is 17.8 Å². The van der Waals surface area contributed by atoms with E-state index in [0.29, 0.717) is 11.8 Å². The van der Waals surface area contributed by atoms with Crippen LogP contribution in [0.15, 0.2) is 23.1 Å². The highest BCUT2D eigenvalue weighted by molar-refractivity contribution is 7.89. The fourth-order valence-corrected chi connectivity index (χ4v) is 5.52. The third-order valence-electron chi connectivity index (χ3n) is 4.98. The summed E-state index contributed by atoms with van der Waals surface area (Å²) in [6, 6.07) is 3.39. The van der Waals surface area contributed by atoms with Crippen LogP contribution >= 0.6 is 11.6 Å². The number of fused-ring (bicyclic) bond motifs is 2. The Hall–Kier alpha value is -0.650. The highest BCUT2D eigenvalue weighted by atomic mass is 35.5. The zero-order valence-electron chi connectivity index (χ0n) is 11.9. The normalized spacial score (nSPS) is 29.8. The Morgan fingerprint density at radius 1 is 1.33 bits per heavy atom. The van der Waals surface area contributed by atoms with Gasteiger partial charge in [-0.05, 0) is 62.1 Å². The van der Waals surface area contributed by atoms with Crippen molar-refractivity contribution in [2.75, 3.05) is 0 Å². The average molecular weight is 332 g/mol. The molecule has 3 rings (SSSR count). The van der Waals surface area contributed by atoms with Crippen LogP contribution in [0.2, 0.25) is 5.02 Å². The van der Waals surface area contributed by atoms with Gasteiger partial charge in [0.1, 0.15) is 5.82 Å². The van der Waals surface area contributed by atoms with Gasteiger partial charge in [-0.25, -0.2) is 17.5 Å². The molecule has 0 heterocycles. The Kier molecular flexibility index (Phi) is 4.01. The van der Waals surface area contributed by atoms with Crippen LogP contribution in [-0.4, -0.2) is 14.5 Å². The molecule has 116 valence electrons. The van der Waals surface area contributed by atoms with Crippen LogP contribution in [0, 0.1) is 23.6 Å². The molecule has 1 aromatic carbocycles. The van der Waals surface area contributed by atoms with Crippen molar-refractivity contribution in [1.29, 1.82) is 0 Å². The van der Waals surface area contributed by atoms with Gasteiger partial charge in [0.25, 0.3) is 0 Å². The largest absolute Gasteiger partial charge is 0.240 e. The summed E-state index contributed by atoms with van der Waals surface area (Å²) in [5.41, 5.74) is 0. The molecule has 1 N–H and O–H groups in total. The predicted molar refractivity (Wildman–Crippen MR) is 80.1 cm³/mol. The molecule has 2 fully saturated rings. The van der Waals surface area contributed by atoms with Crippen LogP contribution in [-0.2, 0) is 10.0 Å². The van der Waals surface area contributed by atoms with Gasteiger partial charge in [0, 0.05) is 6.04 Å². The Morgan fingerprint density at radius 2 is 2.10 bits per heavy atom. The lowest BCUT2D eigenvalue weighted by Crippen LogP contribution is -2.40. The summed E-state index contributed by atoms with van der Waals surface area (Å²) in [7, 11) is -3.65. The van der Waals surface area contributed by atoms with Gasteiger partial charge in [-0.1, -0.05) is 18.0 Å². The molecule has 0 spiro atoms. The third-order valence-corrected chi connectivity index (χ3v) is 6.82. The van der Waals surface area contributed by atoms with E-state index in [9.17, 15) is 12.8 Å². The molecule has 4 unspecified atom stereocenters. The maximum atomic E-state index is 13.1. The molecule has 2 aliphatic carbocycles. The molecule has 0 aliphatic heterocycles. The van der Waals surface area contributed by atoms with Crippen LogP contribution in [0.3, 0.4) is 0 Å². The zero-order chi connectivity index (χ0) is 15.2. The molecular formula is C15H19ClFNO2S. The van der Waals surface area contributed by atoms with Crippen molar-refractivity contribution < 1.29 is 12.8 Å². The number of hydrogen-bond acceptors (Lipinski definition) is 2. The van der Waals surface area contributed by atoms with E-state index in [0.717, 1.165) is 24.5 Å². The third kappa shape index (κ3) is 2.96. The minimum Gasteiger partial charge on any atom is -0.208 e. The molecule has 3 nitrogen and oxygen atoms in total. The van der Waals surface area contributed by atoms with Gasteiger partial charge in [-0.15, -0.1) is 0 Å². The summed E-state index contributed by atoms with van der Waals surface area (Å²) in [6.07, 6.45) is 4.84. The number of halogens is 2. The topological polar surface area (TPSA) is 46.2 Å². The Bertz CT molecular complexity index is 649. The predicted octanol–water partition coefficient (Wildman–Crippen LogP) is 3.58. The highest BCUT2D eigenvalue weighted by Gasteiger charge is 2.42. The first-order chi connectivity index (χ1) is 9.87. The van der Waals surface area contributed by atoms with Crippen molar-refractivity contribution in [3.05, 3.63) is 29.0 Å². The Balaban J connectivity index is 1.75. The van der Waals surface area contributed by atoms with E-state index >= 15 is 0 Å². The van der Waals surface area contributed by atoms with E-state index in [2.05, 4.69) is 4.72 Å². The van der Waals surface area contributed by atoms with Crippen LogP contribution in [0.4, 0.5) is 4.39 Å². The fourth-order valence-electron chi connectivity index (χ4n) is 3.95. The van der Waals surface area contributed by atoms with E-state index < -0.39 is 15.8 Å². The van der Waals surface area contributed by atoms with Crippen LogP contribution in [0.5, 0.6) is 0 Å². The van der Waals surface area contributed by atoms with Gasteiger partial charge in [-0.3, -0.25) is 0 Å². The molecule has 4 atom stereocenters. The molecule has 0 aromatic heterocycles. The highest BCUT2D eigenvalue weighted by Crippen LogP contribution is 2.49.